The van der Waals surface area contributed by atoms with Gasteiger partial charge in [-0.2, -0.15) is 0 Å². The molecule has 0 aliphatic heterocycles. The summed E-state index contributed by atoms with van der Waals surface area (Å²) in [6, 6.07) is 10.8. The highest BCUT2D eigenvalue weighted by Gasteiger charge is 2.14. The lowest BCUT2D eigenvalue weighted by Gasteiger charge is -2.09. The molecular weight excluding hydrogens is 320 g/mol. The highest BCUT2D eigenvalue weighted by Crippen LogP contribution is 2.31. The Labute approximate surface area is 138 Å². The summed E-state index contributed by atoms with van der Waals surface area (Å²) < 4.78 is 6.30. The van der Waals surface area contributed by atoms with Gasteiger partial charge in [0, 0.05) is 10.4 Å². The van der Waals surface area contributed by atoms with Gasteiger partial charge in [-0.1, -0.05) is 43.1 Å². The minimum absolute atomic E-state index is 0.212. The Bertz CT molecular complexity index is 676. The Balaban J connectivity index is 2.34. The van der Waals surface area contributed by atoms with Gasteiger partial charge in [0.05, 0.1) is 16.5 Å². The van der Waals surface area contributed by atoms with Crippen molar-refractivity contribution in [3.63, 3.8) is 0 Å². The molecule has 0 fully saturated rings. The topological polar surface area (TPSA) is 46.5 Å². The van der Waals surface area contributed by atoms with Crippen molar-refractivity contribution in [2.45, 2.75) is 19.8 Å². The van der Waals surface area contributed by atoms with Gasteiger partial charge in [-0.05, 0) is 30.7 Å². The van der Waals surface area contributed by atoms with Crippen molar-refractivity contribution in [1.29, 1.82) is 0 Å². The lowest BCUT2D eigenvalue weighted by Crippen LogP contribution is -2.00. The molecule has 0 unspecified atom stereocenters. The smallest absolute Gasteiger partial charge is 0.337 e. The van der Waals surface area contributed by atoms with Gasteiger partial charge in [0.1, 0.15) is 5.75 Å². The van der Waals surface area contributed by atoms with E-state index in [2.05, 4.69) is 6.92 Å². The van der Waals surface area contributed by atoms with E-state index >= 15 is 0 Å². The van der Waals surface area contributed by atoms with Gasteiger partial charge >= 0.3 is 5.97 Å². The molecule has 0 aliphatic rings. The lowest BCUT2D eigenvalue weighted by atomic mass is 10.1. The highest BCUT2D eigenvalue weighted by atomic mass is 35.5. The fourth-order valence-electron chi connectivity index (χ4n) is 1.91. The van der Waals surface area contributed by atoms with Crippen LogP contribution in [-0.4, -0.2) is 17.7 Å². The van der Waals surface area contributed by atoms with Crippen LogP contribution in [-0.2, 0) is 4.79 Å². The Morgan fingerprint density at radius 2 is 2.09 bits per heavy atom. The number of rotatable bonds is 7. The molecule has 0 bridgehead atoms. The predicted octanol–water partition coefficient (Wildman–Crippen LogP) is 5.21. The van der Waals surface area contributed by atoms with E-state index < -0.39 is 5.97 Å². The van der Waals surface area contributed by atoms with Crippen LogP contribution in [0, 0.1) is 0 Å². The predicted molar refractivity (Wildman–Crippen MR) is 91.7 cm³/mol. The lowest BCUT2D eigenvalue weighted by molar-refractivity contribution is -0.130. The van der Waals surface area contributed by atoms with E-state index in [0.717, 1.165) is 18.4 Å². The van der Waals surface area contributed by atoms with E-state index in [1.165, 1.54) is 11.3 Å². The van der Waals surface area contributed by atoms with Gasteiger partial charge in [0.15, 0.2) is 0 Å². The average molecular weight is 337 g/mol. The number of carboxylic acids is 1. The molecule has 2 aromatic rings. The van der Waals surface area contributed by atoms with Crippen molar-refractivity contribution in [3.05, 3.63) is 51.2 Å². The maximum Gasteiger partial charge on any atom is 0.337 e. The molecule has 22 heavy (non-hydrogen) atoms. The first-order valence-corrected chi connectivity index (χ1v) is 8.23. The molecule has 0 radical (unpaired) electrons. The molecule has 1 heterocycles. The second kappa shape index (κ2) is 8.01. The molecule has 1 N–H and O–H groups in total. The van der Waals surface area contributed by atoms with Gasteiger partial charge in [0.2, 0.25) is 0 Å². The van der Waals surface area contributed by atoms with Crippen molar-refractivity contribution >= 4 is 40.6 Å². The highest BCUT2D eigenvalue weighted by molar-refractivity contribution is 7.17. The standard InChI is InChI=1S/C17H17ClO3S/c1-2-3-10-21-14-7-5-4-6-12(14)11-13(17(19)20)15-8-9-16(18)22-15/h4-9,11H,2-3,10H2,1H3,(H,19,20)/b13-11-. The maximum absolute atomic E-state index is 11.5. The first kappa shape index (κ1) is 16.6. The van der Waals surface area contributed by atoms with E-state index in [1.54, 1.807) is 18.2 Å². The van der Waals surface area contributed by atoms with E-state index in [0.29, 0.717) is 21.6 Å². The third-order valence-corrected chi connectivity index (χ3v) is 4.31. The molecule has 0 atom stereocenters. The summed E-state index contributed by atoms with van der Waals surface area (Å²) in [5.74, 6) is -0.292. The number of carbonyl (C=O) groups is 1. The number of hydrogen-bond donors (Lipinski definition) is 1. The molecule has 0 saturated carbocycles. The number of ether oxygens (including phenoxy) is 1. The molecule has 5 heteroatoms. The molecule has 116 valence electrons. The Morgan fingerprint density at radius 1 is 1.32 bits per heavy atom. The third kappa shape index (κ3) is 4.36. The summed E-state index contributed by atoms with van der Waals surface area (Å²) in [4.78, 5) is 12.2. The molecule has 0 aliphatic carbocycles. The van der Waals surface area contributed by atoms with Gasteiger partial charge in [-0.25, -0.2) is 4.79 Å². The Kier molecular flexibility index (Phi) is 6.04. The van der Waals surface area contributed by atoms with E-state index in [9.17, 15) is 9.90 Å². The number of aliphatic carboxylic acids is 1. The van der Waals surface area contributed by atoms with Crippen LogP contribution >= 0.6 is 22.9 Å². The molecule has 2 rings (SSSR count). The normalized spacial score (nSPS) is 11.5. The number of para-hydroxylation sites is 1. The van der Waals surface area contributed by atoms with Gasteiger partial charge in [-0.3, -0.25) is 0 Å². The molecule has 0 spiro atoms. The van der Waals surface area contributed by atoms with Crippen LogP contribution in [0.1, 0.15) is 30.2 Å². The summed E-state index contributed by atoms with van der Waals surface area (Å²) in [6.07, 6.45) is 3.64. The van der Waals surface area contributed by atoms with Crippen LogP contribution in [0.25, 0.3) is 11.6 Å². The monoisotopic (exact) mass is 336 g/mol. The fourth-order valence-corrected chi connectivity index (χ4v) is 2.96. The Hall–Kier alpha value is -1.78. The summed E-state index contributed by atoms with van der Waals surface area (Å²) in [5, 5.41) is 9.46. The number of hydrogen-bond acceptors (Lipinski definition) is 3. The van der Waals surface area contributed by atoms with Crippen molar-refractivity contribution in [3.8, 4) is 5.75 Å². The molecule has 0 amide bonds. The molecule has 1 aromatic heterocycles. The van der Waals surface area contributed by atoms with Crippen molar-refractivity contribution in [2.75, 3.05) is 6.61 Å². The first-order chi connectivity index (χ1) is 10.6. The molecule has 0 saturated heterocycles. The zero-order valence-corrected chi connectivity index (χ0v) is 13.8. The zero-order chi connectivity index (χ0) is 15.9. The first-order valence-electron chi connectivity index (χ1n) is 7.04. The number of halogens is 1. The van der Waals surface area contributed by atoms with Crippen LogP contribution in [0.4, 0.5) is 0 Å². The van der Waals surface area contributed by atoms with Crippen molar-refractivity contribution in [1.82, 2.24) is 0 Å². The minimum Gasteiger partial charge on any atom is -0.493 e. The fraction of sp³-hybridized carbons (Fsp3) is 0.235. The van der Waals surface area contributed by atoms with Crippen molar-refractivity contribution < 1.29 is 14.6 Å². The Morgan fingerprint density at radius 3 is 2.73 bits per heavy atom. The zero-order valence-electron chi connectivity index (χ0n) is 12.2. The van der Waals surface area contributed by atoms with Gasteiger partial charge in [0.25, 0.3) is 0 Å². The van der Waals surface area contributed by atoms with Gasteiger partial charge in [-0.15, -0.1) is 11.3 Å². The molecule has 3 nitrogen and oxygen atoms in total. The number of carboxylic acid groups (broad SMARTS) is 1. The summed E-state index contributed by atoms with van der Waals surface area (Å²) in [5.41, 5.74) is 0.962. The van der Waals surface area contributed by atoms with Gasteiger partial charge < -0.3 is 9.84 Å². The SMILES string of the molecule is CCCCOc1ccccc1/C=C(\C(=O)O)c1ccc(Cl)s1. The largest absolute Gasteiger partial charge is 0.493 e. The maximum atomic E-state index is 11.5. The third-order valence-electron chi connectivity index (χ3n) is 3.04. The number of benzene rings is 1. The van der Waals surface area contributed by atoms with Crippen LogP contribution in [0.2, 0.25) is 4.34 Å². The summed E-state index contributed by atoms with van der Waals surface area (Å²) in [6.45, 7) is 2.72. The number of unbranched alkanes of at least 4 members (excludes halogenated alkanes) is 1. The van der Waals surface area contributed by atoms with Crippen LogP contribution in [0.5, 0.6) is 5.75 Å². The minimum atomic E-state index is -0.984. The number of thiophene rings is 1. The quantitative estimate of drug-likeness (QED) is 0.558. The molecular formula is C17H17ClO3S. The van der Waals surface area contributed by atoms with E-state index in [-0.39, 0.29) is 5.57 Å². The van der Waals surface area contributed by atoms with Crippen LogP contribution in [0.15, 0.2) is 36.4 Å². The average Bonchev–Trinajstić information content (AvgIpc) is 2.92. The van der Waals surface area contributed by atoms with E-state index in [1.807, 2.05) is 24.3 Å². The van der Waals surface area contributed by atoms with E-state index in [4.69, 9.17) is 16.3 Å². The second-order valence-corrected chi connectivity index (χ2v) is 6.42. The van der Waals surface area contributed by atoms with Crippen LogP contribution < -0.4 is 4.74 Å². The summed E-state index contributed by atoms with van der Waals surface area (Å²) >= 11 is 7.15. The van der Waals surface area contributed by atoms with Crippen LogP contribution in [0.3, 0.4) is 0 Å². The summed E-state index contributed by atoms with van der Waals surface area (Å²) in [7, 11) is 0. The second-order valence-electron chi connectivity index (χ2n) is 4.71. The molecule has 1 aromatic carbocycles. The van der Waals surface area contributed by atoms with Crippen molar-refractivity contribution in [2.24, 2.45) is 0 Å².